The first-order valence-electron chi connectivity index (χ1n) is 5.00. The molecule has 1 aromatic rings. The Morgan fingerprint density at radius 3 is 3.12 bits per heavy atom. The molecule has 1 saturated heterocycles. The number of hydrogen-bond donors (Lipinski definition) is 1. The van der Waals surface area contributed by atoms with Crippen LogP contribution in [0.25, 0.3) is 0 Å². The van der Waals surface area contributed by atoms with Crippen molar-refractivity contribution in [3.63, 3.8) is 0 Å². The summed E-state index contributed by atoms with van der Waals surface area (Å²) in [5, 5.41) is 15.6. The van der Waals surface area contributed by atoms with Crippen LogP contribution < -0.4 is 0 Å². The molecule has 0 aromatic carbocycles. The number of aromatic nitrogens is 2. The van der Waals surface area contributed by atoms with Crippen LogP contribution in [0.5, 0.6) is 0 Å². The Balaban J connectivity index is 2.06. The molecule has 1 aliphatic heterocycles. The minimum Gasteiger partial charge on any atom is -0.411 e. The smallest absolute Gasteiger partial charge is 0.267 e. The molecule has 1 amide bonds. The second kappa shape index (κ2) is 4.56. The molecular weight excluding hydrogens is 228 g/mol. The van der Waals surface area contributed by atoms with Crippen LogP contribution in [0, 0.1) is 5.92 Å². The third-order valence-electron chi connectivity index (χ3n) is 2.69. The SMILES string of the molecule is CC1CN(C(=O)c2cnns2)CCC1=NO. The maximum atomic E-state index is 12.0. The molecule has 2 rings (SSSR count). The number of carbonyl (C=O) groups is 1. The second-order valence-corrected chi connectivity index (χ2v) is 4.56. The molecular formula is C9H12N4O2S. The molecule has 1 atom stereocenters. The van der Waals surface area contributed by atoms with E-state index in [-0.39, 0.29) is 11.8 Å². The second-order valence-electron chi connectivity index (χ2n) is 3.78. The van der Waals surface area contributed by atoms with E-state index in [1.807, 2.05) is 6.92 Å². The van der Waals surface area contributed by atoms with Gasteiger partial charge in [-0.1, -0.05) is 16.6 Å². The van der Waals surface area contributed by atoms with Crippen LogP contribution in [0.15, 0.2) is 11.4 Å². The molecule has 1 fully saturated rings. The summed E-state index contributed by atoms with van der Waals surface area (Å²) in [5.74, 6) is 0.0578. The molecule has 1 unspecified atom stereocenters. The van der Waals surface area contributed by atoms with Crippen molar-refractivity contribution >= 4 is 23.2 Å². The van der Waals surface area contributed by atoms with Crippen LogP contribution in [-0.2, 0) is 0 Å². The summed E-state index contributed by atoms with van der Waals surface area (Å²) in [4.78, 5) is 14.3. The quantitative estimate of drug-likeness (QED) is 0.583. The number of amides is 1. The first-order chi connectivity index (χ1) is 7.72. The fourth-order valence-electron chi connectivity index (χ4n) is 1.77. The summed E-state index contributed by atoms with van der Waals surface area (Å²) >= 11 is 1.10. The van der Waals surface area contributed by atoms with Gasteiger partial charge in [-0.2, -0.15) is 0 Å². The van der Waals surface area contributed by atoms with Crippen molar-refractivity contribution in [2.75, 3.05) is 13.1 Å². The molecule has 0 saturated carbocycles. The summed E-state index contributed by atoms with van der Waals surface area (Å²) in [7, 11) is 0. The van der Waals surface area contributed by atoms with Gasteiger partial charge in [0.15, 0.2) is 0 Å². The van der Waals surface area contributed by atoms with Gasteiger partial charge in [0.2, 0.25) is 0 Å². The van der Waals surface area contributed by atoms with Gasteiger partial charge in [-0.3, -0.25) is 4.79 Å². The summed E-state index contributed by atoms with van der Waals surface area (Å²) in [6, 6.07) is 0. The van der Waals surface area contributed by atoms with Gasteiger partial charge in [-0.15, -0.1) is 5.10 Å². The third kappa shape index (κ3) is 2.04. The van der Waals surface area contributed by atoms with Crippen LogP contribution >= 0.6 is 11.5 Å². The maximum Gasteiger partial charge on any atom is 0.267 e. The maximum absolute atomic E-state index is 12.0. The molecule has 0 spiro atoms. The molecule has 16 heavy (non-hydrogen) atoms. The molecule has 7 heteroatoms. The molecule has 86 valence electrons. The minimum atomic E-state index is -0.0427. The van der Waals surface area contributed by atoms with E-state index >= 15 is 0 Å². The first kappa shape index (κ1) is 11.0. The predicted molar refractivity (Wildman–Crippen MR) is 58.8 cm³/mol. The first-order valence-corrected chi connectivity index (χ1v) is 5.77. The molecule has 1 N–H and O–H groups in total. The van der Waals surface area contributed by atoms with E-state index in [0.29, 0.717) is 24.4 Å². The van der Waals surface area contributed by atoms with E-state index < -0.39 is 0 Å². The summed E-state index contributed by atoms with van der Waals surface area (Å²) in [6.45, 7) is 3.11. The highest BCUT2D eigenvalue weighted by Crippen LogP contribution is 2.17. The zero-order chi connectivity index (χ0) is 11.5. The van der Waals surface area contributed by atoms with E-state index in [9.17, 15) is 4.79 Å². The van der Waals surface area contributed by atoms with Crippen molar-refractivity contribution in [2.24, 2.45) is 11.1 Å². The number of oxime groups is 1. The van der Waals surface area contributed by atoms with E-state index in [1.54, 1.807) is 4.90 Å². The van der Waals surface area contributed by atoms with E-state index in [0.717, 1.165) is 17.2 Å². The Morgan fingerprint density at radius 1 is 1.75 bits per heavy atom. The Labute approximate surface area is 96.7 Å². The summed E-state index contributed by atoms with van der Waals surface area (Å²) < 4.78 is 3.67. The predicted octanol–water partition coefficient (Wildman–Crippen LogP) is 0.850. The highest BCUT2D eigenvalue weighted by Gasteiger charge is 2.27. The summed E-state index contributed by atoms with van der Waals surface area (Å²) in [6.07, 6.45) is 2.10. The van der Waals surface area contributed by atoms with Gasteiger partial charge in [-0.05, 0) is 11.5 Å². The van der Waals surface area contributed by atoms with E-state index in [2.05, 4.69) is 14.7 Å². The van der Waals surface area contributed by atoms with Gasteiger partial charge < -0.3 is 10.1 Å². The Kier molecular flexibility index (Phi) is 3.14. The largest absolute Gasteiger partial charge is 0.411 e. The van der Waals surface area contributed by atoms with Crippen molar-refractivity contribution in [3.05, 3.63) is 11.1 Å². The van der Waals surface area contributed by atoms with Crippen LogP contribution in [0.1, 0.15) is 23.0 Å². The number of piperidine rings is 1. The topological polar surface area (TPSA) is 78.7 Å². The fourth-order valence-corrected chi connectivity index (χ4v) is 2.26. The number of carbonyl (C=O) groups excluding carboxylic acids is 1. The minimum absolute atomic E-state index is 0.0427. The molecule has 6 nitrogen and oxygen atoms in total. The highest BCUT2D eigenvalue weighted by molar-refractivity contribution is 7.07. The molecule has 1 aliphatic rings. The van der Waals surface area contributed by atoms with Crippen molar-refractivity contribution in [2.45, 2.75) is 13.3 Å². The number of nitrogens with zero attached hydrogens (tertiary/aromatic N) is 4. The van der Waals surface area contributed by atoms with Gasteiger partial charge in [0, 0.05) is 25.4 Å². The number of hydrogen-bond acceptors (Lipinski definition) is 6. The van der Waals surface area contributed by atoms with Crippen LogP contribution in [0.2, 0.25) is 0 Å². The number of likely N-dealkylation sites (tertiary alicyclic amines) is 1. The average molecular weight is 240 g/mol. The molecule has 2 heterocycles. The monoisotopic (exact) mass is 240 g/mol. The van der Waals surface area contributed by atoms with Crippen LogP contribution in [-0.4, -0.2) is 44.4 Å². The lowest BCUT2D eigenvalue weighted by atomic mass is 9.97. The van der Waals surface area contributed by atoms with Crippen LogP contribution in [0.4, 0.5) is 0 Å². The normalized spacial score (nSPS) is 23.7. The van der Waals surface area contributed by atoms with Crippen molar-refractivity contribution in [3.8, 4) is 0 Å². The molecule has 0 bridgehead atoms. The van der Waals surface area contributed by atoms with Gasteiger partial charge in [0.25, 0.3) is 5.91 Å². The zero-order valence-corrected chi connectivity index (χ0v) is 9.65. The number of rotatable bonds is 1. The van der Waals surface area contributed by atoms with E-state index in [1.165, 1.54) is 6.20 Å². The van der Waals surface area contributed by atoms with E-state index in [4.69, 9.17) is 5.21 Å². The van der Waals surface area contributed by atoms with Crippen molar-refractivity contribution < 1.29 is 10.0 Å². The van der Waals surface area contributed by atoms with Crippen LogP contribution in [0.3, 0.4) is 0 Å². The van der Waals surface area contributed by atoms with Gasteiger partial charge in [-0.25, -0.2) is 0 Å². The molecule has 0 radical (unpaired) electrons. The highest BCUT2D eigenvalue weighted by atomic mass is 32.1. The lowest BCUT2D eigenvalue weighted by Crippen LogP contribution is -2.43. The fraction of sp³-hybridized carbons (Fsp3) is 0.556. The standard InChI is InChI=1S/C9H12N4O2S/c1-6-5-13(3-2-7(6)11-15)9(14)8-4-10-12-16-8/h4,6,15H,2-3,5H2,1H3. The van der Waals surface area contributed by atoms with Crippen molar-refractivity contribution in [1.29, 1.82) is 0 Å². The van der Waals surface area contributed by atoms with Gasteiger partial charge in [0.1, 0.15) is 4.88 Å². The third-order valence-corrected chi connectivity index (χ3v) is 3.34. The molecule has 0 aliphatic carbocycles. The Hall–Kier alpha value is -1.50. The molecule has 1 aromatic heterocycles. The summed E-state index contributed by atoms with van der Waals surface area (Å²) in [5.41, 5.74) is 0.756. The lowest BCUT2D eigenvalue weighted by Gasteiger charge is -2.30. The van der Waals surface area contributed by atoms with Gasteiger partial charge in [0.05, 0.1) is 11.9 Å². The average Bonchev–Trinajstić information content (AvgIpc) is 2.81. The Morgan fingerprint density at radius 2 is 2.56 bits per heavy atom. The zero-order valence-electron chi connectivity index (χ0n) is 8.83. The van der Waals surface area contributed by atoms with Gasteiger partial charge >= 0.3 is 0 Å². The Bertz CT molecular complexity index is 404. The lowest BCUT2D eigenvalue weighted by molar-refractivity contribution is 0.0738. The van der Waals surface area contributed by atoms with Crippen molar-refractivity contribution in [1.82, 2.24) is 14.5 Å².